The molecule has 0 heterocycles. The lowest BCUT2D eigenvalue weighted by molar-refractivity contribution is 0.00218. The highest BCUT2D eigenvalue weighted by Crippen LogP contribution is 2.49. The molecule has 0 amide bonds. The second-order valence-electron chi connectivity index (χ2n) is 8.42. The Balaban J connectivity index is 2.93. The van der Waals surface area contributed by atoms with E-state index in [1.165, 1.54) is 16.4 Å². The Morgan fingerprint density at radius 3 is 2.35 bits per heavy atom. The minimum Gasteiger partial charge on any atom is -0.413 e. The molecule has 3 heteroatoms. The quantitative estimate of drug-likeness (QED) is 0.233. The van der Waals surface area contributed by atoms with Gasteiger partial charge in [-0.05, 0) is 48.7 Å². The van der Waals surface area contributed by atoms with Gasteiger partial charge >= 0.3 is 0 Å². The first-order chi connectivity index (χ1) is 8.93. The molecule has 1 aliphatic carbocycles. The largest absolute Gasteiger partial charge is 0.413 e. The standard InChI is InChI=1S/C17H33IOSi/c1-13-9-10-15(17(5,6)14(13)11-12-18)19-20(7,8)16(2,3)4/h14-15H,1,9-12H2,2-8H3/t14-,15-/m0/s1. The molecule has 0 aliphatic heterocycles. The van der Waals surface area contributed by atoms with Crippen molar-refractivity contribution in [3.05, 3.63) is 12.2 Å². The number of hydrogen-bond donors (Lipinski definition) is 0. The van der Waals surface area contributed by atoms with Gasteiger partial charge in [0.2, 0.25) is 0 Å². The molecule has 20 heavy (non-hydrogen) atoms. The summed E-state index contributed by atoms with van der Waals surface area (Å²) >= 11 is 2.49. The molecular weight excluding hydrogens is 375 g/mol. The van der Waals surface area contributed by atoms with Crippen LogP contribution in [0.15, 0.2) is 12.2 Å². The third kappa shape index (κ3) is 3.89. The van der Waals surface area contributed by atoms with Gasteiger partial charge in [-0.2, -0.15) is 0 Å². The molecule has 118 valence electrons. The average molecular weight is 408 g/mol. The summed E-state index contributed by atoms with van der Waals surface area (Å²) in [7, 11) is -1.69. The van der Waals surface area contributed by atoms with Gasteiger partial charge in [0, 0.05) is 4.43 Å². The van der Waals surface area contributed by atoms with Crippen molar-refractivity contribution in [1.82, 2.24) is 0 Å². The summed E-state index contributed by atoms with van der Waals surface area (Å²) in [5.74, 6) is 0.614. The van der Waals surface area contributed by atoms with Crippen molar-refractivity contribution in [1.29, 1.82) is 0 Å². The van der Waals surface area contributed by atoms with Crippen molar-refractivity contribution < 1.29 is 4.43 Å². The Hall–Kier alpha value is 0.647. The molecule has 0 bridgehead atoms. The van der Waals surface area contributed by atoms with Gasteiger partial charge in [0.25, 0.3) is 0 Å². The highest BCUT2D eigenvalue weighted by Gasteiger charge is 2.47. The zero-order chi connectivity index (χ0) is 15.8. The molecule has 0 N–H and O–H groups in total. The molecule has 1 saturated carbocycles. The van der Waals surface area contributed by atoms with E-state index in [9.17, 15) is 0 Å². The van der Waals surface area contributed by atoms with Gasteiger partial charge in [0.05, 0.1) is 6.10 Å². The normalized spacial score (nSPS) is 27.7. The lowest BCUT2D eigenvalue weighted by atomic mass is 9.64. The van der Waals surface area contributed by atoms with Gasteiger partial charge in [0.1, 0.15) is 0 Å². The van der Waals surface area contributed by atoms with Crippen LogP contribution < -0.4 is 0 Å². The minimum atomic E-state index is -1.69. The van der Waals surface area contributed by atoms with Crippen LogP contribution in [0.4, 0.5) is 0 Å². The first-order valence-corrected chi connectivity index (χ1v) is 12.3. The topological polar surface area (TPSA) is 9.23 Å². The minimum absolute atomic E-state index is 0.218. The average Bonchev–Trinajstić information content (AvgIpc) is 2.27. The third-order valence-electron chi connectivity index (χ3n) is 5.59. The monoisotopic (exact) mass is 408 g/mol. The molecule has 0 radical (unpaired) electrons. The van der Waals surface area contributed by atoms with Crippen molar-refractivity contribution >= 4 is 30.9 Å². The van der Waals surface area contributed by atoms with E-state index in [-0.39, 0.29) is 10.5 Å². The maximum Gasteiger partial charge on any atom is 0.192 e. The Morgan fingerprint density at radius 1 is 1.35 bits per heavy atom. The molecular formula is C17H33IOSi. The highest BCUT2D eigenvalue weighted by atomic mass is 127. The van der Waals surface area contributed by atoms with Crippen LogP contribution in [-0.4, -0.2) is 18.8 Å². The number of rotatable bonds is 4. The molecule has 2 atom stereocenters. The second kappa shape index (κ2) is 6.41. The van der Waals surface area contributed by atoms with Crippen LogP contribution in [0.25, 0.3) is 0 Å². The van der Waals surface area contributed by atoms with Crippen molar-refractivity contribution in [2.24, 2.45) is 11.3 Å². The molecule has 0 saturated heterocycles. The summed E-state index contributed by atoms with van der Waals surface area (Å²) in [6.45, 7) is 20.9. The lowest BCUT2D eigenvalue weighted by Gasteiger charge is -2.50. The smallest absolute Gasteiger partial charge is 0.192 e. The van der Waals surface area contributed by atoms with E-state index in [0.717, 1.165) is 12.8 Å². The molecule has 1 fully saturated rings. The molecule has 1 nitrogen and oxygen atoms in total. The van der Waals surface area contributed by atoms with Crippen LogP contribution in [0.3, 0.4) is 0 Å². The van der Waals surface area contributed by atoms with Crippen LogP contribution in [0.2, 0.25) is 18.1 Å². The van der Waals surface area contributed by atoms with E-state index >= 15 is 0 Å². The summed E-state index contributed by atoms with van der Waals surface area (Å²) in [6, 6.07) is 0. The maximum absolute atomic E-state index is 6.78. The fourth-order valence-corrected chi connectivity index (χ4v) is 5.15. The molecule has 0 spiro atoms. The number of halogens is 1. The molecule has 1 aliphatic rings. The van der Waals surface area contributed by atoms with Gasteiger partial charge in [-0.3, -0.25) is 0 Å². The van der Waals surface area contributed by atoms with Gasteiger partial charge in [-0.1, -0.05) is 69.4 Å². The fourth-order valence-electron chi connectivity index (χ4n) is 3.04. The van der Waals surface area contributed by atoms with E-state index in [1.807, 2.05) is 0 Å². The van der Waals surface area contributed by atoms with Crippen LogP contribution in [0, 0.1) is 11.3 Å². The second-order valence-corrected chi connectivity index (χ2v) is 14.3. The van der Waals surface area contributed by atoms with E-state index < -0.39 is 8.32 Å². The van der Waals surface area contributed by atoms with E-state index in [1.54, 1.807) is 0 Å². The van der Waals surface area contributed by atoms with Crippen molar-refractivity contribution in [2.75, 3.05) is 4.43 Å². The first-order valence-electron chi connectivity index (χ1n) is 7.85. The molecule has 0 aromatic heterocycles. The van der Waals surface area contributed by atoms with Crippen molar-refractivity contribution in [3.63, 3.8) is 0 Å². The van der Waals surface area contributed by atoms with Crippen LogP contribution in [0.5, 0.6) is 0 Å². The van der Waals surface area contributed by atoms with Crippen LogP contribution in [-0.2, 0) is 4.43 Å². The molecule has 0 aromatic carbocycles. The number of alkyl halides is 1. The third-order valence-corrected chi connectivity index (χ3v) is 10.7. The Bertz CT molecular complexity index is 354. The Kier molecular flexibility index (Phi) is 5.99. The summed E-state index contributed by atoms with van der Waals surface area (Å²) in [5.41, 5.74) is 1.66. The van der Waals surface area contributed by atoms with Gasteiger partial charge in [0.15, 0.2) is 8.32 Å². The molecule has 0 aromatic rings. The first kappa shape index (κ1) is 18.7. The lowest BCUT2D eigenvalue weighted by Crippen LogP contribution is -2.51. The summed E-state index contributed by atoms with van der Waals surface area (Å²) in [6.07, 6.45) is 3.92. The van der Waals surface area contributed by atoms with Crippen molar-refractivity contribution in [2.45, 2.75) is 78.1 Å². The molecule has 0 unspecified atom stereocenters. The van der Waals surface area contributed by atoms with Crippen LogP contribution >= 0.6 is 22.6 Å². The SMILES string of the molecule is C=C1CC[C@H](O[Si](C)(C)C(C)(C)C)C(C)(C)[C@H]1CCI. The predicted octanol–water partition coefficient (Wildman–Crippen LogP) is 6.19. The number of hydrogen-bond acceptors (Lipinski definition) is 1. The van der Waals surface area contributed by atoms with E-state index in [0.29, 0.717) is 12.0 Å². The van der Waals surface area contributed by atoms with Gasteiger partial charge in [-0.25, -0.2) is 0 Å². The van der Waals surface area contributed by atoms with E-state index in [2.05, 4.69) is 76.9 Å². The Labute approximate surface area is 141 Å². The fraction of sp³-hybridized carbons (Fsp3) is 0.882. The predicted molar refractivity (Wildman–Crippen MR) is 101 cm³/mol. The summed E-state index contributed by atoms with van der Waals surface area (Å²) < 4.78 is 7.98. The zero-order valence-corrected chi connectivity index (χ0v) is 17.6. The van der Waals surface area contributed by atoms with E-state index in [4.69, 9.17) is 4.43 Å². The van der Waals surface area contributed by atoms with Gasteiger partial charge < -0.3 is 4.43 Å². The summed E-state index contributed by atoms with van der Waals surface area (Å²) in [4.78, 5) is 0. The maximum atomic E-state index is 6.78. The Morgan fingerprint density at radius 2 is 1.90 bits per heavy atom. The number of allylic oxidation sites excluding steroid dienone is 1. The van der Waals surface area contributed by atoms with Crippen molar-refractivity contribution in [3.8, 4) is 0 Å². The molecule has 1 rings (SSSR count). The summed E-state index contributed by atoms with van der Waals surface area (Å²) in [5, 5.41) is 0.288. The highest BCUT2D eigenvalue weighted by molar-refractivity contribution is 14.1. The van der Waals surface area contributed by atoms with Gasteiger partial charge in [-0.15, -0.1) is 0 Å². The zero-order valence-electron chi connectivity index (χ0n) is 14.5. The van der Waals surface area contributed by atoms with Crippen LogP contribution in [0.1, 0.15) is 53.9 Å².